The predicted octanol–water partition coefficient (Wildman–Crippen LogP) is 0.363. The second-order valence-corrected chi connectivity index (χ2v) is 3.54. The summed E-state index contributed by atoms with van der Waals surface area (Å²) in [6.45, 7) is 5.06. The number of hydrogen-bond acceptors (Lipinski definition) is 3. The zero-order chi connectivity index (χ0) is 8.81. The van der Waals surface area contributed by atoms with Crippen LogP contribution in [0.1, 0.15) is 19.8 Å². The highest BCUT2D eigenvalue weighted by Crippen LogP contribution is 2.17. The molecule has 0 aromatic rings. The summed E-state index contributed by atoms with van der Waals surface area (Å²) in [4.78, 5) is 0. The van der Waals surface area contributed by atoms with E-state index in [0.29, 0.717) is 6.04 Å². The number of nitrogens with one attached hydrogen (secondary N) is 2. The van der Waals surface area contributed by atoms with Gasteiger partial charge in [0.2, 0.25) is 0 Å². The maximum absolute atomic E-state index is 5.01. The predicted molar refractivity (Wildman–Crippen MR) is 50.4 cm³/mol. The highest BCUT2D eigenvalue weighted by Gasteiger charge is 2.19. The first-order chi connectivity index (χ1) is 5.83. The first-order valence-corrected chi connectivity index (χ1v) is 4.78. The summed E-state index contributed by atoms with van der Waals surface area (Å²) in [7, 11) is 1.74. The van der Waals surface area contributed by atoms with Crippen LogP contribution in [0.25, 0.3) is 0 Å². The van der Waals surface area contributed by atoms with Gasteiger partial charge >= 0.3 is 0 Å². The molecular weight excluding hydrogens is 152 g/mol. The van der Waals surface area contributed by atoms with Gasteiger partial charge in [-0.3, -0.25) is 0 Å². The van der Waals surface area contributed by atoms with Crippen molar-refractivity contribution in [1.29, 1.82) is 0 Å². The Balaban J connectivity index is 1.80. The molecule has 3 nitrogen and oxygen atoms in total. The Morgan fingerprint density at radius 2 is 2.17 bits per heavy atom. The largest absolute Gasteiger partial charge is 0.383 e. The summed E-state index contributed by atoms with van der Waals surface area (Å²) in [5.41, 5.74) is 0. The fourth-order valence-electron chi connectivity index (χ4n) is 1.19. The molecule has 72 valence electrons. The normalized spacial score (nSPS) is 19.5. The number of rotatable bonds is 7. The zero-order valence-corrected chi connectivity index (χ0v) is 8.10. The first-order valence-electron chi connectivity index (χ1n) is 4.78. The van der Waals surface area contributed by atoms with Crippen LogP contribution in [-0.2, 0) is 4.74 Å². The molecule has 12 heavy (non-hydrogen) atoms. The molecule has 1 aliphatic carbocycles. The van der Waals surface area contributed by atoms with Crippen molar-refractivity contribution in [2.75, 3.05) is 26.8 Å². The van der Waals surface area contributed by atoms with Crippen molar-refractivity contribution in [2.24, 2.45) is 0 Å². The van der Waals surface area contributed by atoms with Crippen molar-refractivity contribution < 1.29 is 4.74 Å². The van der Waals surface area contributed by atoms with Crippen LogP contribution in [0.3, 0.4) is 0 Å². The van der Waals surface area contributed by atoms with Crippen LogP contribution in [0.4, 0.5) is 0 Å². The molecule has 1 saturated carbocycles. The summed E-state index contributed by atoms with van der Waals surface area (Å²) in [6.07, 6.45) is 2.74. The molecule has 1 unspecified atom stereocenters. The quantitative estimate of drug-likeness (QED) is 0.544. The maximum atomic E-state index is 5.01. The van der Waals surface area contributed by atoms with E-state index < -0.39 is 0 Å². The Bertz CT molecular complexity index is 115. The van der Waals surface area contributed by atoms with E-state index in [2.05, 4.69) is 17.6 Å². The molecule has 2 N–H and O–H groups in total. The molecule has 1 rings (SSSR count). The van der Waals surface area contributed by atoms with E-state index in [4.69, 9.17) is 4.74 Å². The molecule has 0 aromatic heterocycles. The molecule has 0 spiro atoms. The molecule has 0 radical (unpaired) electrons. The van der Waals surface area contributed by atoms with Crippen LogP contribution in [-0.4, -0.2) is 38.9 Å². The minimum atomic E-state index is 0.469. The van der Waals surface area contributed by atoms with Gasteiger partial charge in [0.1, 0.15) is 0 Å². The average Bonchev–Trinajstić information content (AvgIpc) is 2.82. The second-order valence-electron chi connectivity index (χ2n) is 3.54. The van der Waals surface area contributed by atoms with Gasteiger partial charge in [-0.25, -0.2) is 0 Å². The first kappa shape index (κ1) is 9.96. The van der Waals surface area contributed by atoms with Crippen LogP contribution in [0, 0.1) is 0 Å². The van der Waals surface area contributed by atoms with Crippen molar-refractivity contribution >= 4 is 0 Å². The molecule has 3 heteroatoms. The van der Waals surface area contributed by atoms with E-state index in [1.54, 1.807) is 7.11 Å². The Morgan fingerprint density at radius 3 is 2.75 bits per heavy atom. The minimum Gasteiger partial charge on any atom is -0.383 e. The molecule has 0 aliphatic heterocycles. The Morgan fingerprint density at radius 1 is 1.42 bits per heavy atom. The summed E-state index contributed by atoms with van der Waals surface area (Å²) in [5, 5.41) is 6.83. The highest BCUT2D eigenvalue weighted by atomic mass is 16.5. The third-order valence-electron chi connectivity index (χ3n) is 2.04. The summed E-state index contributed by atoms with van der Waals surface area (Å²) in [5.74, 6) is 0. The third-order valence-corrected chi connectivity index (χ3v) is 2.04. The topological polar surface area (TPSA) is 33.3 Å². The molecule has 0 bridgehead atoms. The van der Waals surface area contributed by atoms with Gasteiger partial charge in [0.25, 0.3) is 0 Å². The SMILES string of the molecule is COCC(C)NCCNC1CC1. The lowest BCUT2D eigenvalue weighted by Crippen LogP contribution is -2.36. The van der Waals surface area contributed by atoms with Crippen LogP contribution in [0.5, 0.6) is 0 Å². The fraction of sp³-hybridized carbons (Fsp3) is 1.00. The Kier molecular flexibility index (Phi) is 4.58. The Labute approximate surface area is 74.9 Å². The summed E-state index contributed by atoms with van der Waals surface area (Å²) in [6, 6.07) is 1.29. The Hall–Kier alpha value is -0.120. The molecule has 0 aromatic carbocycles. The van der Waals surface area contributed by atoms with Crippen LogP contribution in [0.2, 0.25) is 0 Å². The molecule has 1 fully saturated rings. The summed E-state index contributed by atoms with van der Waals surface area (Å²) < 4.78 is 5.01. The smallest absolute Gasteiger partial charge is 0.0613 e. The summed E-state index contributed by atoms with van der Waals surface area (Å²) >= 11 is 0. The van der Waals surface area contributed by atoms with Crippen molar-refractivity contribution in [3.8, 4) is 0 Å². The average molecular weight is 172 g/mol. The lowest BCUT2D eigenvalue weighted by atomic mass is 10.3. The highest BCUT2D eigenvalue weighted by molar-refractivity contribution is 4.80. The number of methoxy groups -OCH3 is 1. The van der Waals surface area contributed by atoms with Gasteiger partial charge in [0.15, 0.2) is 0 Å². The van der Waals surface area contributed by atoms with E-state index in [9.17, 15) is 0 Å². The van der Waals surface area contributed by atoms with E-state index in [1.165, 1.54) is 12.8 Å². The van der Waals surface area contributed by atoms with Gasteiger partial charge in [0, 0.05) is 32.3 Å². The molecule has 1 aliphatic rings. The van der Waals surface area contributed by atoms with Crippen molar-refractivity contribution in [3.05, 3.63) is 0 Å². The lowest BCUT2D eigenvalue weighted by Gasteiger charge is -2.12. The fourth-order valence-corrected chi connectivity index (χ4v) is 1.19. The van der Waals surface area contributed by atoms with Crippen molar-refractivity contribution in [3.63, 3.8) is 0 Å². The maximum Gasteiger partial charge on any atom is 0.0613 e. The molecule has 0 saturated heterocycles. The van der Waals surface area contributed by atoms with Crippen LogP contribution in [0.15, 0.2) is 0 Å². The zero-order valence-electron chi connectivity index (χ0n) is 8.10. The molecule has 0 heterocycles. The van der Waals surface area contributed by atoms with E-state index in [1.807, 2.05) is 0 Å². The molecule has 1 atom stereocenters. The van der Waals surface area contributed by atoms with Crippen molar-refractivity contribution in [1.82, 2.24) is 10.6 Å². The number of hydrogen-bond donors (Lipinski definition) is 2. The number of ether oxygens (including phenoxy) is 1. The molecular formula is C9H20N2O. The minimum absolute atomic E-state index is 0.469. The van der Waals surface area contributed by atoms with Gasteiger partial charge in [-0.15, -0.1) is 0 Å². The van der Waals surface area contributed by atoms with Gasteiger partial charge in [-0.2, -0.15) is 0 Å². The van der Waals surface area contributed by atoms with Gasteiger partial charge in [-0.1, -0.05) is 0 Å². The van der Waals surface area contributed by atoms with Crippen LogP contribution < -0.4 is 10.6 Å². The monoisotopic (exact) mass is 172 g/mol. The standard InChI is InChI=1S/C9H20N2O/c1-8(7-12-2)10-5-6-11-9-3-4-9/h8-11H,3-7H2,1-2H3. The second kappa shape index (κ2) is 5.51. The van der Waals surface area contributed by atoms with E-state index >= 15 is 0 Å². The van der Waals surface area contributed by atoms with E-state index in [0.717, 1.165) is 25.7 Å². The van der Waals surface area contributed by atoms with Gasteiger partial charge in [0.05, 0.1) is 6.61 Å². The third kappa shape index (κ3) is 4.70. The van der Waals surface area contributed by atoms with Gasteiger partial charge in [-0.05, 0) is 19.8 Å². The van der Waals surface area contributed by atoms with Crippen molar-refractivity contribution in [2.45, 2.75) is 31.8 Å². The van der Waals surface area contributed by atoms with Crippen LogP contribution >= 0.6 is 0 Å². The van der Waals surface area contributed by atoms with E-state index in [-0.39, 0.29) is 0 Å². The molecule has 0 amide bonds. The lowest BCUT2D eigenvalue weighted by molar-refractivity contribution is 0.172. The van der Waals surface area contributed by atoms with Gasteiger partial charge < -0.3 is 15.4 Å².